The van der Waals surface area contributed by atoms with Crippen molar-refractivity contribution in [2.24, 2.45) is 0 Å². The van der Waals surface area contributed by atoms with Crippen LogP contribution in [0.2, 0.25) is 0 Å². The zero-order valence-corrected chi connectivity index (χ0v) is 12.0. The number of nitrogens with zero attached hydrogens (tertiary/aromatic N) is 1. The fourth-order valence-electron chi connectivity index (χ4n) is 1.79. The first kappa shape index (κ1) is 14.9. The molecule has 2 heterocycles. The lowest BCUT2D eigenvalue weighted by atomic mass is 9.89. The zero-order chi connectivity index (χ0) is 15.0. The molecule has 0 saturated carbocycles. The topological polar surface area (TPSA) is 48.4 Å². The fourth-order valence-corrected chi connectivity index (χ4v) is 1.79. The van der Waals surface area contributed by atoms with Crippen LogP contribution in [0.25, 0.3) is 6.08 Å². The van der Waals surface area contributed by atoms with Crippen LogP contribution in [-0.2, 0) is 9.31 Å². The Morgan fingerprint density at radius 2 is 1.80 bits per heavy atom. The molecule has 0 radical (unpaired) electrons. The second kappa shape index (κ2) is 5.11. The summed E-state index contributed by atoms with van der Waals surface area (Å²) >= 11 is 0. The Morgan fingerprint density at radius 3 is 2.35 bits per heavy atom. The largest absolute Gasteiger partial charge is 0.487 e. The minimum Gasteiger partial charge on any atom is -0.400 e. The summed E-state index contributed by atoms with van der Waals surface area (Å²) < 4.78 is 24.7. The van der Waals surface area contributed by atoms with Gasteiger partial charge in [0.2, 0.25) is 0 Å². The van der Waals surface area contributed by atoms with Gasteiger partial charge >= 0.3 is 7.12 Å². The van der Waals surface area contributed by atoms with Crippen LogP contribution in [0.4, 0.5) is 4.39 Å². The van der Waals surface area contributed by atoms with Crippen molar-refractivity contribution in [3.8, 4) is 0 Å². The van der Waals surface area contributed by atoms with Gasteiger partial charge in [-0.3, -0.25) is 4.79 Å². The Hall–Kier alpha value is -1.53. The van der Waals surface area contributed by atoms with Crippen molar-refractivity contribution in [1.82, 2.24) is 4.98 Å². The maximum Gasteiger partial charge on any atom is 0.487 e. The van der Waals surface area contributed by atoms with E-state index in [1.165, 1.54) is 12.1 Å². The molecular formula is C14H17BFNO3. The lowest BCUT2D eigenvalue weighted by Crippen LogP contribution is -2.41. The summed E-state index contributed by atoms with van der Waals surface area (Å²) in [6, 6.07) is 2.70. The Bertz CT molecular complexity index is 541. The second-order valence-electron chi connectivity index (χ2n) is 5.70. The van der Waals surface area contributed by atoms with Crippen molar-refractivity contribution in [1.29, 1.82) is 0 Å². The molecule has 20 heavy (non-hydrogen) atoms. The number of rotatable bonds is 3. The van der Waals surface area contributed by atoms with Crippen LogP contribution in [0.1, 0.15) is 43.9 Å². The van der Waals surface area contributed by atoms with Gasteiger partial charge in [0.15, 0.2) is 12.1 Å². The minimum atomic E-state index is -0.632. The number of aromatic nitrogens is 1. The van der Waals surface area contributed by atoms with E-state index in [2.05, 4.69) is 4.98 Å². The van der Waals surface area contributed by atoms with Crippen LogP contribution >= 0.6 is 0 Å². The summed E-state index contributed by atoms with van der Waals surface area (Å²) in [5, 5.41) is 0. The smallest absolute Gasteiger partial charge is 0.400 e. The van der Waals surface area contributed by atoms with Crippen LogP contribution in [0, 0.1) is 5.82 Å². The Kier molecular flexibility index (Phi) is 3.80. The maximum absolute atomic E-state index is 13.1. The van der Waals surface area contributed by atoms with Crippen molar-refractivity contribution >= 4 is 19.5 Å². The number of aldehydes is 1. The average Bonchev–Trinajstić information content (AvgIpc) is 2.57. The minimum absolute atomic E-state index is 0.207. The molecule has 1 saturated heterocycles. The zero-order valence-electron chi connectivity index (χ0n) is 12.0. The third-order valence-electron chi connectivity index (χ3n) is 3.70. The fraction of sp³-hybridized carbons (Fsp3) is 0.429. The standard InChI is InChI=1S/C14H17BFNO3/c1-13(2)14(3,4)20-15(19-13)8-7-10-5-6-11(16)12(9-18)17-10/h5-9H,1-4H3/b8-7+. The Morgan fingerprint density at radius 1 is 1.20 bits per heavy atom. The molecule has 1 aliphatic heterocycles. The molecule has 0 aromatic carbocycles. The van der Waals surface area contributed by atoms with Crippen molar-refractivity contribution < 1.29 is 18.5 Å². The quantitative estimate of drug-likeness (QED) is 0.629. The van der Waals surface area contributed by atoms with E-state index in [0.717, 1.165) is 0 Å². The highest BCUT2D eigenvalue weighted by Gasteiger charge is 2.49. The summed E-state index contributed by atoms with van der Waals surface area (Å²) in [6.07, 6.45) is 2.04. The van der Waals surface area contributed by atoms with E-state index in [1.54, 1.807) is 12.1 Å². The van der Waals surface area contributed by atoms with E-state index >= 15 is 0 Å². The van der Waals surface area contributed by atoms with E-state index in [1.807, 2.05) is 27.7 Å². The molecule has 1 fully saturated rings. The maximum atomic E-state index is 13.1. The Labute approximate surface area is 118 Å². The second-order valence-corrected chi connectivity index (χ2v) is 5.70. The van der Waals surface area contributed by atoms with Crippen LogP contribution in [0.5, 0.6) is 0 Å². The third kappa shape index (κ3) is 2.81. The number of carbonyl (C=O) groups is 1. The highest BCUT2D eigenvalue weighted by Crippen LogP contribution is 2.36. The Balaban J connectivity index is 2.13. The van der Waals surface area contributed by atoms with E-state index in [0.29, 0.717) is 12.0 Å². The molecule has 0 bridgehead atoms. The molecule has 0 atom stereocenters. The van der Waals surface area contributed by atoms with Gasteiger partial charge in [-0.2, -0.15) is 0 Å². The monoisotopic (exact) mass is 277 g/mol. The molecule has 1 aromatic rings. The SMILES string of the molecule is CC1(C)OB(/C=C/c2ccc(F)c(C=O)n2)OC1(C)C. The first-order valence-corrected chi connectivity index (χ1v) is 6.41. The van der Waals surface area contributed by atoms with E-state index in [4.69, 9.17) is 9.31 Å². The number of pyridine rings is 1. The van der Waals surface area contributed by atoms with Gasteiger partial charge in [-0.05, 0) is 45.9 Å². The van der Waals surface area contributed by atoms with Gasteiger partial charge in [0, 0.05) is 0 Å². The first-order valence-electron chi connectivity index (χ1n) is 6.41. The number of halogens is 1. The van der Waals surface area contributed by atoms with Gasteiger partial charge in [-0.25, -0.2) is 9.37 Å². The molecule has 106 valence electrons. The highest BCUT2D eigenvalue weighted by atomic mass is 19.1. The average molecular weight is 277 g/mol. The van der Waals surface area contributed by atoms with Crippen LogP contribution in [-0.4, -0.2) is 29.6 Å². The molecule has 6 heteroatoms. The van der Waals surface area contributed by atoms with Crippen LogP contribution in [0.3, 0.4) is 0 Å². The molecule has 0 amide bonds. The van der Waals surface area contributed by atoms with Crippen LogP contribution in [0.15, 0.2) is 18.1 Å². The van der Waals surface area contributed by atoms with Crippen molar-refractivity contribution in [3.05, 3.63) is 35.3 Å². The summed E-state index contributed by atoms with van der Waals surface area (Å²) in [6.45, 7) is 7.84. The lowest BCUT2D eigenvalue weighted by molar-refractivity contribution is 0.00578. The van der Waals surface area contributed by atoms with Crippen molar-refractivity contribution in [2.45, 2.75) is 38.9 Å². The number of hydrogen-bond donors (Lipinski definition) is 0. The highest BCUT2D eigenvalue weighted by molar-refractivity contribution is 6.52. The molecule has 1 aromatic heterocycles. The molecule has 1 aliphatic rings. The van der Waals surface area contributed by atoms with Gasteiger partial charge in [-0.15, -0.1) is 0 Å². The summed E-state index contributed by atoms with van der Waals surface area (Å²) in [7, 11) is -0.494. The summed E-state index contributed by atoms with van der Waals surface area (Å²) in [4.78, 5) is 14.5. The predicted molar refractivity (Wildman–Crippen MR) is 74.7 cm³/mol. The van der Waals surface area contributed by atoms with Crippen molar-refractivity contribution in [2.75, 3.05) is 0 Å². The predicted octanol–water partition coefficient (Wildman–Crippen LogP) is 2.68. The van der Waals surface area contributed by atoms with E-state index < -0.39 is 24.1 Å². The molecule has 4 nitrogen and oxygen atoms in total. The molecule has 2 rings (SSSR count). The lowest BCUT2D eigenvalue weighted by Gasteiger charge is -2.32. The van der Waals surface area contributed by atoms with E-state index in [9.17, 15) is 9.18 Å². The first-order chi connectivity index (χ1) is 9.25. The molecule has 0 aliphatic carbocycles. The van der Waals surface area contributed by atoms with Gasteiger partial charge < -0.3 is 9.31 Å². The third-order valence-corrected chi connectivity index (χ3v) is 3.70. The molecule has 0 spiro atoms. The summed E-state index contributed by atoms with van der Waals surface area (Å²) in [5.74, 6) is 1.07. The van der Waals surface area contributed by atoms with Crippen LogP contribution < -0.4 is 0 Å². The van der Waals surface area contributed by atoms with Gasteiger partial charge in [0.05, 0.1) is 16.9 Å². The van der Waals surface area contributed by atoms with E-state index in [-0.39, 0.29) is 5.69 Å². The van der Waals surface area contributed by atoms with Gasteiger partial charge in [-0.1, -0.05) is 5.98 Å². The number of carbonyl (C=O) groups excluding carboxylic acids is 1. The normalized spacial score (nSPS) is 20.6. The number of hydrogen-bond acceptors (Lipinski definition) is 4. The van der Waals surface area contributed by atoms with Gasteiger partial charge in [0.25, 0.3) is 0 Å². The molecule has 0 unspecified atom stereocenters. The molecule has 0 N–H and O–H groups in total. The van der Waals surface area contributed by atoms with Crippen molar-refractivity contribution in [3.63, 3.8) is 0 Å². The summed E-state index contributed by atoms with van der Waals surface area (Å²) in [5.41, 5.74) is -0.553. The molecular weight excluding hydrogens is 260 g/mol. The van der Waals surface area contributed by atoms with Gasteiger partial charge in [0.1, 0.15) is 5.69 Å².